The maximum atomic E-state index is 12.9. The van der Waals surface area contributed by atoms with E-state index in [1.807, 2.05) is 44.2 Å². The van der Waals surface area contributed by atoms with Gasteiger partial charge in [0.2, 0.25) is 11.8 Å². The number of benzene rings is 2. The van der Waals surface area contributed by atoms with Crippen LogP contribution in [-0.2, 0) is 15.8 Å². The van der Waals surface area contributed by atoms with Crippen molar-refractivity contribution >= 4 is 11.8 Å². The molecule has 1 saturated heterocycles. The van der Waals surface area contributed by atoms with Crippen molar-refractivity contribution in [2.75, 3.05) is 0 Å². The van der Waals surface area contributed by atoms with Gasteiger partial charge in [-0.1, -0.05) is 56.3 Å². The van der Waals surface area contributed by atoms with Crippen LogP contribution in [0.15, 0.2) is 54.6 Å². The topological polar surface area (TPSA) is 70.2 Å². The van der Waals surface area contributed by atoms with Crippen molar-refractivity contribution in [3.8, 4) is 0 Å². The van der Waals surface area contributed by atoms with Crippen LogP contribution in [0.4, 0.5) is 13.2 Å². The first-order chi connectivity index (χ1) is 14.1. The summed E-state index contributed by atoms with van der Waals surface area (Å²) in [5.74, 6) is -0.684. The number of alkyl halides is 3. The smallest absolute Gasteiger partial charge is 0.348 e. The van der Waals surface area contributed by atoms with Gasteiger partial charge in [0.25, 0.3) is 0 Å². The zero-order valence-corrected chi connectivity index (χ0v) is 16.7. The third-order valence-electron chi connectivity index (χ3n) is 5.07. The molecule has 160 valence electrons. The van der Waals surface area contributed by atoms with Crippen LogP contribution < -0.4 is 16.0 Å². The maximum absolute atomic E-state index is 12.9. The number of amides is 2. The number of hydrogen-bond acceptors (Lipinski definition) is 3. The van der Waals surface area contributed by atoms with Gasteiger partial charge in [-0.25, -0.2) is 0 Å². The molecule has 2 unspecified atom stereocenters. The summed E-state index contributed by atoms with van der Waals surface area (Å²) in [5.41, 5.74) is 0.661. The van der Waals surface area contributed by atoms with Gasteiger partial charge in [0.15, 0.2) is 0 Å². The van der Waals surface area contributed by atoms with Crippen LogP contribution >= 0.6 is 0 Å². The second-order valence-electron chi connectivity index (χ2n) is 7.68. The highest BCUT2D eigenvalue weighted by Crippen LogP contribution is 2.31. The first-order valence-electron chi connectivity index (χ1n) is 9.73. The van der Waals surface area contributed by atoms with E-state index in [1.54, 1.807) is 0 Å². The van der Waals surface area contributed by atoms with Gasteiger partial charge in [-0.05, 0) is 29.2 Å². The molecule has 30 heavy (non-hydrogen) atoms. The Kier molecular flexibility index (Phi) is 6.45. The average Bonchev–Trinajstić information content (AvgIpc) is 2.71. The van der Waals surface area contributed by atoms with Crippen molar-refractivity contribution in [2.24, 2.45) is 5.92 Å². The first kappa shape index (κ1) is 21.8. The van der Waals surface area contributed by atoms with Crippen LogP contribution in [0.3, 0.4) is 0 Å². The molecule has 3 rings (SSSR count). The zero-order chi connectivity index (χ0) is 21.9. The third kappa shape index (κ3) is 5.18. The van der Waals surface area contributed by atoms with Gasteiger partial charge in [0.1, 0.15) is 6.17 Å². The number of halogens is 3. The van der Waals surface area contributed by atoms with E-state index in [2.05, 4.69) is 16.0 Å². The lowest BCUT2D eigenvalue weighted by molar-refractivity contribution is -0.137. The van der Waals surface area contributed by atoms with E-state index >= 15 is 0 Å². The summed E-state index contributed by atoms with van der Waals surface area (Å²) in [7, 11) is 0. The Morgan fingerprint density at radius 1 is 1.07 bits per heavy atom. The molecule has 0 aliphatic carbocycles. The molecule has 0 saturated carbocycles. The predicted octanol–water partition coefficient (Wildman–Crippen LogP) is 3.70. The molecule has 2 aromatic rings. The first-order valence-corrected chi connectivity index (χ1v) is 9.73. The van der Waals surface area contributed by atoms with Gasteiger partial charge < -0.3 is 10.6 Å². The summed E-state index contributed by atoms with van der Waals surface area (Å²) in [6, 6.07) is 12.8. The van der Waals surface area contributed by atoms with E-state index in [0.717, 1.165) is 17.7 Å². The molecule has 0 bridgehead atoms. The zero-order valence-electron chi connectivity index (χ0n) is 16.7. The highest BCUT2D eigenvalue weighted by molar-refractivity contribution is 5.89. The Balaban J connectivity index is 1.74. The lowest BCUT2D eigenvalue weighted by atomic mass is 9.94. The molecular weight excluding hydrogens is 395 g/mol. The number of nitrogens with one attached hydrogen (secondary N) is 3. The number of carbonyl (C=O) groups excluding carboxylic acids is 2. The van der Waals surface area contributed by atoms with Gasteiger partial charge in [-0.2, -0.15) is 13.2 Å². The minimum absolute atomic E-state index is 0.0208. The molecule has 5 nitrogen and oxygen atoms in total. The quantitative estimate of drug-likeness (QED) is 0.692. The van der Waals surface area contributed by atoms with E-state index in [1.165, 1.54) is 12.1 Å². The molecule has 8 heteroatoms. The largest absolute Gasteiger partial charge is 0.416 e. The number of rotatable bonds is 5. The predicted molar refractivity (Wildman–Crippen MR) is 106 cm³/mol. The summed E-state index contributed by atoms with van der Waals surface area (Å²) >= 11 is 0. The number of carbonyl (C=O) groups is 2. The van der Waals surface area contributed by atoms with Crippen LogP contribution in [0.5, 0.6) is 0 Å². The Hall–Kier alpha value is -2.87. The minimum atomic E-state index is -4.42. The second kappa shape index (κ2) is 8.87. The molecule has 2 aromatic carbocycles. The lowest BCUT2D eigenvalue weighted by Crippen LogP contribution is -2.56. The van der Waals surface area contributed by atoms with Crippen LogP contribution in [0, 0.1) is 5.92 Å². The normalized spacial score (nSPS) is 20.5. The molecule has 2 amide bonds. The van der Waals surface area contributed by atoms with E-state index in [-0.39, 0.29) is 24.2 Å². The van der Waals surface area contributed by atoms with Crippen molar-refractivity contribution in [2.45, 2.75) is 44.7 Å². The van der Waals surface area contributed by atoms with Crippen LogP contribution in [0.2, 0.25) is 0 Å². The van der Waals surface area contributed by atoms with Crippen molar-refractivity contribution in [3.05, 3.63) is 71.3 Å². The standard InChI is InChI=1S/C22H24F3N3O2/c1-13(2)19(14-8-10-16(11-9-14)22(23,24)25)28-21(30)17-12-18(29)27-20(26-17)15-6-4-3-5-7-15/h3-11,13,17,19-20,26H,12H2,1-2H3,(H,27,29)(H,28,30)/t17?,19-,20?/m1/s1. The summed E-state index contributed by atoms with van der Waals surface area (Å²) in [4.78, 5) is 25.0. The van der Waals surface area contributed by atoms with E-state index in [0.29, 0.717) is 5.56 Å². The highest BCUT2D eigenvalue weighted by atomic mass is 19.4. The van der Waals surface area contributed by atoms with Crippen molar-refractivity contribution in [1.82, 2.24) is 16.0 Å². The highest BCUT2D eigenvalue weighted by Gasteiger charge is 2.34. The minimum Gasteiger partial charge on any atom is -0.348 e. The summed E-state index contributed by atoms with van der Waals surface area (Å²) in [5, 5.41) is 8.83. The Bertz CT molecular complexity index is 883. The van der Waals surface area contributed by atoms with E-state index < -0.39 is 30.0 Å². The van der Waals surface area contributed by atoms with Gasteiger partial charge in [0, 0.05) is 0 Å². The summed E-state index contributed by atoms with van der Waals surface area (Å²) < 4.78 is 38.5. The number of hydrogen-bond donors (Lipinski definition) is 3. The molecule has 3 atom stereocenters. The second-order valence-corrected chi connectivity index (χ2v) is 7.68. The summed E-state index contributed by atoms with van der Waals surface area (Å²) in [6.45, 7) is 3.74. The Morgan fingerprint density at radius 2 is 1.70 bits per heavy atom. The van der Waals surface area contributed by atoms with Crippen molar-refractivity contribution in [3.63, 3.8) is 0 Å². The molecule has 0 spiro atoms. The monoisotopic (exact) mass is 419 g/mol. The van der Waals surface area contributed by atoms with Crippen LogP contribution in [0.25, 0.3) is 0 Å². The molecule has 1 fully saturated rings. The van der Waals surface area contributed by atoms with Crippen molar-refractivity contribution < 1.29 is 22.8 Å². The molecule has 0 aromatic heterocycles. The van der Waals surface area contributed by atoms with E-state index in [9.17, 15) is 22.8 Å². The van der Waals surface area contributed by atoms with Crippen molar-refractivity contribution in [1.29, 1.82) is 0 Å². The fourth-order valence-electron chi connectivity index (χ4n) is 3.47. The molecular formula is C22H24F3N3O2. The molecule has 1 aliphatic rings. The SMILES string of the molecule is CC(C)[C@@H](NC(=O)C1CC(=O)NC(c2ccccc2)N1)c1ccc(C(F)(F)F)cc1. The maximum Gasteiger partial charge on any atom is 0.416 e. The molecule has 3 N–H and O–H groups in total. The fraction of sp³-hybridized carbons (Fsp3) is 0.364. The third-order valence-corrected chi connectivity index (χ3v) is 5.07. The van der Waals surface area contributed by atoms with Crippen LogP contribution in [0.1, 0.15) is 49.2 Å². The average molecular weight is 419 g/mol. The van der Waals surface area contributed by atoms with Gasteiger partial charge in [-0.3, -0.25) is 14.9 Å². The fourth-order valence-corrected chi connectivity index (χ4v) is 3.47. The molecule has 1 aliphatic heterocycles. The summed E-state index contributed by atoms with van der Waals surface area (Å²) in [6.07, 6.45) is -4.93. The van der Waals surface area contributed by atoms with Gasteiger partial charge in [-0.15, -0.1) is 0 Å². The van der Waals surface area contributed by atoms with Gasteiger partial charge in [0.05, 0.1) is 24.1 Å². The Morgan fingerprint density at radius 3 is 2.27 bits per heavy atom. The lowest BCUT2D eigenvalue weighted by Gasteiger charge is -2.33. The molecule has 0 radical (unpaired) electrons. The van der Waals surface area contributed by atoms with E-state index in [4.69, 9.17) is 0 Å². The van der Waals surface area contributed by atoms with Gasteiger partial charge >= 0.3 is 6.18 Å². The molecule has 1 heterocycles. The van der Waals surface area contributed by atoms with Crippen LogP contribution in [-0.4, -0.2) is 17.9 Å². The Labute approximate surface area is 173 Å².